The van der Waals surface area contributed by atoms with Gasteiger partial charge in [0.15, 0.2) is 0 Å². The summed E-state index contributed by atoms with van der Waals surface area (Å²) in [6.07, 6.45) is -1.42. The van der Waals surface area contributed by atoms with E-state index in [-0.39, 0.29) is 11.3 Å². The van der Waals surface area contributed by atoms with Gasteiger partial charge in [0.2, 0.25) is 0 Å². The summed E-state index contributed by atoms with van der Waals surface area (Å²) in [5.74, 6) is 0.0996. The molecule has 7 heteroatoms. The van der Waals surface area contributed by atoms with Gasteiger partial charge in [-0.15, -0.1) is 5.10 Å². The highest BCUT2D eigenvalue weighted by molar-refractivity contribution is 5.76. The first-order chi connectivity index (χ1) is 6.66. The minimum absolute atomic E-state index is 0.0996. The van der Waals surface area contributed by atoms with E-state index in [1.165, 1.54) is 18.2 Å². The van der Waals surface area contributed by atoms with Gasteiger partial charge in [0.25, 0.3) is 0 Å². The number of benzene rings is 1. The second kappa shape index (κ2) is 2.87. The van der Waals surface area contributed by atoms with Gasteiger partial charge in [0, 0.05) is 6.07 Å². The zero-order valence-electron chi connectivity index (χ0n) is 6.78. The van der Waals surface area contributed by atoms with Gasteiger partial charge in [0.1, 0.15) is 16.8 Å². The van der Waals surface area contributed by atoms with Gasteiger partial charge in [-0.05, 0) is 17.3 Å². The molecule has 0 fully saturated rings. The molecule has 2 aromatic rings. The van der Waals surface area contributed by atoms with E-state index < -0.39 is 6.16 Å². The second-order valence-electron chi connectivity index (χ2n) is 2.50. The van der Waals surface area contributed by atoms with Crippen molar-refractivity contribution >= 4 is 17.2 Å². The smallest absolute Gasteiger partial charge is 0.449 e. The number of nitrogens with zero attached hydrogens (tertiary/aromatic N) is 3. The minimum atomic E-state index is -1.42. The van der Waals surface area contributed by atoms with Crippen LogP contribution in [0.25, 0.3) is 11.0 Å². The Morgan fingerprint density at radius 2 is 2.29 bits per heavy atom. The van der Waals surface area contributed by atoms with Crippen LogP contribution in [-0.2, 0) is 0 Å². The molecule has 1 heterocycles. The molecule has 0 aliphatic heterocycles. The van der Waals surface area contributed by atoms with Crippen molar-refractivity contribution in [3.8, 4) is 5.75 Å². The van der Waals surface area contributed by atoms with Crippen LogP contribution < -0.4 is 4.74 Å². The lowest BCUT2D eigenvalue weighted by molar-refractivity contribution is 0.143. The lowest BCUT2D eigenvalue weighted by Gasteiger charge is -1.98. The summed E-state index contributed by atoms with van der Waals surface area (Å²) in [6, 6.07) is 4.24. The summed E-state index contributed by atoms with van der Waals surface area (Å²) in [5, 5.41) is 24.4. The summed E-state index contributed by atoms with van der Waals surface area (Å²) in [4.78, 5) is 10.8. The van der Waals surface area contributed by atoms with E-state index in [9.17, 15) is 4.79 Å². The van der Waals surface area contributed by atoms with Gasteiger partial charge < -0.3 is 15.1 Å². The average Bonchev–Trinajstić information content (AvgIpc) is 2.47. The van der Waals surface area contributed by atoms with Crippen molar-refractivity contribution in [1.82, 2.24) is 15.2 Å². The number of hydrogen-bond acceptors (Lipinski definition) is 5. The van der Waals surface area contributed by atoms with Crippen LogP contribution in [0.2, 0.25) is 0 Å². The van der Waals surface area contributed by atoms with Gasteiger partial charge in [-0.2, -0.15) is 0 Å². The Balaban J connectivity index is 2.49. The molecule has 0 bridgehead atoms. The lowest BCUT2D eigenvalue weighted by atomic mass is 10.3. The summed E-state index contributed by atoms with van der Waals surface area (Å²) >= 11 is 0. The first-order valence-electron chi connectivity index (χ1n) is 3.62. The van der Waals surface area contributed by atoms with Crippen LogP contribution in [0.3, 0.4) is 0 Å². The Labute approximate surface area is 77.1 Å². The molecule has 0 amide bonds. The first-order valence-corrected chi connectivity index (χ1v) is 3.62. The third-order valence-corrected chi connectivity index (χ3v) is 1.60. The van der Waals surface area contributed by atoms with Gasteiger partial charge in [-0.25, -0.2) is 4.79 Å². The van der Waals surface area contributed by atoms with Crippen LogP contribution in [0.15, 0.2) is 18.2 Å². The molecule has 14 heavy (non-hydrogen) atoms. The molecule has 0 aliphatic carbocycles. The van der Waals surface area contributed by atoms with E-state index in [4.69, 9.17) is 10.3 Å². The van der Waals surface area contributed by atoms with Crippen molar-refractivity contribution in [3.63, 3.8) is 0 Å². The van der Waals surface area contributed by atoms with Gasteiger partial charge in [-0.1, -0.05) is 4.85 Å². The molecule has 0 saturated heterocycles. The molecule has 7 nitrogen and oxygen atoms in total. The van der Waals surface area contributed by atoms with Crippen LogP contribution in [0.4, 0.5) is 4.79 Å². The fourth-order valence-corrected chi connectivity index (χ4v) is 1.05. The van der Waals surface area contributed by atoms with E-state index in [2.05, 4.69) is 15.0 Å². The normalized spacial score (nSPS) is 10.3. The molecule has 0 spiro atoms. The maximum Gasteiger partial charge on any atom is 0.511 e. The van der Waals surface area contributed by atoms with Crippen LogP contribution in [0.5, 0.6) is 5.75 Å². The van der Waals surface area contributed by atoms with Crippen LogP contribution >= 0.6 is 0 Å². The molecule has 0 atom stereocenters. The van der Waals surface area contributed by atoms with E-state index in [0.717, 1.165) is 0 Å². The molecule has 1 aromatic carbocycles. The Morgan fingerprint density at radius 1 is 1.50 bits per heavy atom. The summed E-state index contributed by atoms with van der Waals surface area (Å²) < 4.78 is 4.38. The highest BCUT2D eigenvalue weighted by Gasteiger charge is 2.06. The molecule has 2 rings (SSSR count). The molecule has 72 valence electrons. The zero-order valence-corrected chi connectivity index (χ0v) is 6.78. The first kappa shape index (κ1) is 8.30. The number of carbonyl (C=O) groups is 1. The third-order valence-electron chi connectivity index (χ3n) is 1.60. The van der Waals surface area contributed by atoms with Crippen molar-refractivity contribution in [2.75, 3.05) is 0 Å². The van der Waals surface area contributed by atoms with Crippen molar-refractivity contribution in [2.24, 2.45) is 0 Å². The fraction of sp³-hybridized carbons (Fsp3) is 0. The number of fused-ring (bicyclic) bond motifs is 1. The topological polar surface area (TPSA) is 97.5 Å². The SMILES string of the molecule is O=C(O)Oc1ccc2nnn(O)c2c1. The van der Waals surface area contributed by atoms with E-state index >= 15 is 0 Å². The Morgan fingerprint density at radius 3 is 3.00 bits per heavy atom. The Kier molecular flexibility index (Phi) is 1.70. The van der Waals surface area contributed by atoms with Gasteiger partial charge in [0.05, 0.1) is 0 Å². The molecule has 0 aliphatic rings. The largest absolute Gasteiger partial charge is 0.511 e. The maximum atomic E-state index is 10.2. The standard InChI is InChI=1S/C7H5N3O4/c11-7(12)14-4-1-2-5-6(3-4)10(13)9-8-5/h1-3,13H,(H,11,12). The quantitative estimate of drug-likeness (QED) is 0.395. The molecule has 2 N–H and O–H groups in total. The van der Waals surface area contributed by atoms with Crippen LogP contribution in [-0.4, -0.2) is 31.6 Å². The molecule has 0 saturated carbocycles. The van der Waals surface area contributed by atoms with Gasteiger partial charge >= 0.3 is 6.16 Å². The molecular weight excluding hydrogens is 190 g/mol. The van der Waals surface area contributed by atoms with Crippen molar-refractivity contribution in [3.05, 3.63) is 18.2 Å². The van der Waals surface area contributed by atoms with Crippen LogP contribution in [0, 0.1) is 0 Å². The second-order valence-corrected chi connectivity index (χ2v) is 2.50. The summed E-state index contributed by atoms with van der Waals surface area (Å²) in [5.41, 5.74) is 0.731. The fourth-order valence-electron chi connectivity index (χ4n) is 1.05. The van der Waals surface area contributed by atoms with Crippen molar-refractivity contribution in [2.45, 2.75) is 0 Å². The summed E-state index contributed by atoms with van der Waals surface area (Å²) in [6.45, 7) is 0. The zero-order chi connectivity index (χ0) is 10.1. The number of rotatable bonds is 1. The predicted molar refractivity (Wildman–Crippen MR) is 43.4 cm³/mol. The highest BCUT2D eigenvalue weighted by atomic mass is 16.7. The molecule has 0 radical (unpaired) electrons. The minimum Gasteiger partial charge on any atom is -0.449 e. The number of carboxylic acid groups (broad SMARTS) is 1. The summed E-state index contributed by atoms with van der Waals surface area (Å²) in [7, 11) is 0. The van der Waals surface area contributed by atoms with E-state index in [1.54, 1.807) is 0 Å². The highest BCUT2D eigenvalue weighted by Crippen LogP contribution is 2.18. The molecule has 1 aromatic heterocycles. The predicted octanol–water partition coefficient (Wildman–Crippen LogP) is 0.725. The molecular formula is C7H5N3O4. The number of hydrogen-bond donors (Lipinski definition) is 2. The number of aromatic nitrogens is 3. The molecule has 0 unspecified atom stereocenters. The third kappa shape index (κ3) is 1.30. The lowest BCUT2D eigenvalue weighted by Crippen LogP contribution is -2.02. The monoisotopic (exact) mass is 195 g/mol. The average molecular weight is 195 g/mol. The van der Waals surface area contributed by atoms with Crippen LogP contribution in [0.1, 0.15) is 0 Å². The maximum absolute atomic E-state index is 10.2. The van der Waals surface area contributed by atoms with E-state index in [0.29, 0.717) is 10.4 Å². The Hall–Kier alpha value is -2.31. The van der Waals surface area contributed by atoms with Crippen molar-refractivity contribution < 1.29 is 19.8 Å². The van der Waals surface area contributed by atoms with E-state index in [1.807, 2.05) is 0 Å². The number of ether oxygens (including phenoxy) is 1. The van der Waals surface area contributed by atoms with Gasteiger partial charge in [-0.3, -0.25) is 0 Å². The Bertz CT molecular complexity index is 493. The van der Waals surface area contributed by atoms with Crippen molar-refractivity contribution in [1.29, 1.82) is 0 Å².